The molecule has 5 nitrogen and oxygen atoms in total. The van der Waals surface area contributed by atoms with Crippen molar-refractivity contribution in [3.63, 3.8) is 0 Å². The van der Waals surface area contributed by atoms with Crippen molar-refractivity contribution in [2.45, 2.75) is 25.4 Å². The van der Waals surface area contributed by atoms with Crippen molar-refractivity contribution in [2.75, 3.05) is 35.1 Å². The van der Waals surface area contributed by atoms with Gasteiger partial charge in [0.25, 0.3) is 0 Å². The molecule has 2 N–H and O–H groups in total. The summed E-state index contributed by atoms with van der Waals surface area (Å²) in [4.78, 5) is 17.9. The Kier molecular flexibility index (Phi) is 11.5. The van der Waals surface area contributed by atoms with Crippen LogP contribution < -0.4 is 0 Å². The number of hydrogen-bond donors (Lipinski definition) is 2. The minimum atomic E-state index is -4.55. The van der Waals surface area contributed by atoms with E-state index in [0.29, 0.717) is 26.1 Å². The summed E-state index contributed by atoms with van der Waals surface area (Å²) in [5.74, 6) is 0.255. The van der Waals surface area contributed by atoms with Crippen LogP contribution in [0.4, 0.5) is 0 Å². The van der Waals surface area contributed by atoms with E-state index in [2.05, 4.69) is 47.8 Å². The Morgan fingerprint density at radius 1 is 1.14 bits per heavy atom. The molecule has 0 aliphatic rings. The van der Waals surface area contributed by atoms with Gasteiger partial charge in [0, 0.05) is 40.3 Å². The molecule has 0 radical (unpaired) electrons. The second kappa shape index (κ2) is 10.6. The van der Waals surface area contributed by atoms with Gasteiger partial charge in [-0.15, -0.1) is 11.6 Å². The molecule has 128 valence electrons. The molecule has 0 fully saturated rings. The third kappa shape index (κ3) is 9.62. The summed E-state index contributed by atoms with van der Waals surface area (Å²) >= 11 is 16.1. The Labute approximate surface area is 156 Å². The summed E-state index contributed by atoms with van der Waals surface area (Å²) < 4.78 is 21.5. The molecular formula is C11H21Br3ClO5P. The molecule has 0 aromatic heterocycles. The van der Waals surface area contributed by atoms with Crippen LogP contribution in [0.5, 0.6) is 0 Å². The molecule has 0 rings (SSSR count). The number of rotatable bonds is 12. The second-order valence-corrected chi connectivity index (χ2v) is 8.40. The quantitative estimate of drug-likeness (QED) is 0.222. The van der Waals surface area contributed by atoms with Gasteiger partial charge in [-0.05, 0) is 13.3 Å². The molecule has 1 unspecified atom stereocenters. The summed E-state index contributed by atoms with van der Waals surface area (Å²) in [6.45, 7) is 2.48. The molecule has 21 heavy (non-hydrogen) atoms. The average molecular weight is 539 g/mol. The zero-order chi connectivity index (χ0) is 16.6. The third-order valence-electron chi connectivity index (χ3n) is 3.00. The van der Waals surface area contributed by atoms with Gasteiger partial charge in [0.05, 0.1) is 12.2 Å². The molecule has 0 saturated carbocycles. The lowest BCUT2D eigenvalue weighted by atomic mass is 9.97. The van der Waals surface area contributed by atoms with Crippen molar-refractivity contribution in [2.24, 2.45) is 5.41 Å². The summed E-state index contributed by atoms with van der Waals surface area (Å²) in [5.41, 5.74) is -1.06. The highest BCUT2D eigenvalue weighted by Crippen LogP contribution is 2.44. The van der Waals surface area contributed by atoms with Crippen LogP contribution in [0.2, 0.25) is 0 Å². The van der Waals surface area contributed by atoms with Crippen LogP contribution >= 0.6 is 67.2 Å². The van der Waals surface area contributed by atoms with Crippen molar-refractivity contribution in [1.82, 2.24) is 0 Å². The molecule has 0 aliphatic heterocycles. The van der Waals surface area contributed by atoms with Gasteiger partial charge in [0.15, 0.2) is 0 Å². The third-order valence-corrected chi connectivity index (χ3v) is 7.43. The smallest absolute Gasteiger partial charge is 0.381 e. The Hall–Kier alpha value is 1.80. The molecule has 10 heteroatoms. The maximum atomic E-state index is 11.0. The van der Waals surface area contributed by atoms with E-state index in [-0.39, 0.29) is 11.3 Å². The highest BCUT2D eigenvalue weighted by atomic mass is 79.9. The van der Waals surface area contributed by atoms with E-state index < -0.39 is 13.4 Å². The lowest BCUT2D eigenvalue weighted by Crippen LogP contribution is -2.34. The lowest BCUT2D eigenvalue weighted by molar-refractivity contribution is -0.000617. The highest BCUT2D eigenvalue weighted by Gasteiger charge is 2.33. The monoisotopic (exact) mass is 536 g/mol. The number of alkyl halides is 4. The first-order valence-electron chi connectivity index (χ1n) is 6.24. The van der Waals surface area contributed by atoms with E-state index in [4.69, 9.17) is 30.6 Å². The number of hydrogen-bond acceptors (Lipinski definition) is 3. The predicted molar refractivity (Wildman–Crippen MR) is 96.1 cm³/mol. The number of phosphoric ester groups is 1. The van der Waals surface area contributed by atoms with Crippen LogP contribution in [-0.2, 0) is 13.8 Å². The largest absolute Gasteiger partial charge is 0.470 e. The predicted octanol–water partition coefficient (Wildman–Crippen LogP) is 4.06. The molecular weight excluding hydrogens is 518 g/mol. The van der Waals surface area contributed by atoms with E-state index in [0.717, 1.165) is 16.0 Å². The van der Waals surface area contributed by atoms with Gasteiger partial charge in [0.1, 0.15) is 0 Å². The van der Waals surface area contributed by atoms with Gasteiger partial charge in [0.2, 0.25) is 0 Å². The van der Waals surface area contributed by atoms with Crippen LogP contribution in [0.1, 0.15) is 19.8 Å². The Balaban J connectivity index is 4.41. The molecule has 0 aromatic rings. The number of ether oxygens (including phenoxy) is 1. The van der Waals surface area contributed by atoms with E-state index >= 15 is 0 Å². The van der Waals surface area contributed by atoms with E-state index in [9.17, 15) is 4.57 Å². The molecule has 0 amide bonds. The summed E-state index contributed by atoms with van der Waals surface area (Å²) in [6.07, 6.45) is 0.692. The molecule has 0 saturated heterocycles. The van der Waals surface area contributed by atoms with Crippen LogP contribution in [0, 0.1) is 5.41 Å². The van der Waals surface area contributed by atoms with Crippen LogP contribution in [-0.4, -0.2) is 50.5 Å². The van der Waals surface area contributed by atoms with E-state index in [1.807, 2.05) is 0 Å². The van der Waals surface area contributed by atoms with Crippen molar-refractivity contribution < 1.29 is 23.6 Å². The van der Waals surface area contributed by atoms with Gasteiger partial charge in [-0.25, -0.2) is 4.57 Å². The van der Waals surface area contributed by atoms with E-state index in [1.54, 1.807) is 6.92 Å². The summed E-state index contributed by atoms with van der Waals surface area (Å²) in [7, 11) is -4.55. The van der Waals surface area contributed by atoms with Crippen molar-refractivity contribution in [1.29, 1.82) is 0 Å². The van der Waals surface area contributed by atoms with Crippen molar-refractivity contribution >= 4 is 67.2 Å². The van der Waals surface area contributed by atoms with Crippen molar-refractivity contribution in [3.8, 4) is 0 Å². The fourth-order valence-electron chi connectivity index (χ4n) is 1.50. The van der Waals surface area contributed by atoms with E-state index in [1.165, 1.54) is 0 Å². The average Bonchev–Trinajstić information content (AvgIpc) is 2.38. The summed E-state index contributed by atoms with van der Waals surface area (Å²) in [5, 5.41) is 2.32. The molecule has 0 heterocycles. The molecule has 1 atom stereocenters. The first kappa shape index (κ1) is 22.8. The SMILES string of the molecule is CC(CCCl)(CCOCC(CBr)(CBr)CBr)OP(=O)(O)O. The van der Waals surface area contributed by atoms with Gasteiger partial charge in [-0.3, -0.25) is 4.52 Å². The summed E-state index contributed by atoms with van der Waals surface area (Å²) in [6, 6.07) is 0. The van der Waals surface area contributed by atoms with Gasteiger partial charge in [-0.1, -0.05) is 47.8 Å². The first-order valence-corrected chi connectivity index (χ1v) is 11.7. The first-order chi connectivity index (χ1) is 9.66. The van der Waals surface area contributed by atoms with Gasteiger partial charge >= 0.3 is 7.82 Å². The minimum absolute atomic E-state index is 0.0625. The zero-order valence-electron chi connectivity index (χ0n) is 11.7. The van der Waals surface area contributed by atoms with Gasteiger partial charge in [-0.2, -0.15) is 0 Å². The molecule has 0 aromatic carbocycles. The van der Waals surface area contributed by atoms with Crippen LogP contribution in [0.15, 0.2) is 0 Å². The topological polar surface area (TPSA) is 76.0 Å². The normalized spacial score (nSPS) is 16.0. The molecule has 0 spiro atoms. The van der Waals surface area contributed by atoms with Gasteiger partial charge < -0.3 is 14.5 Å². The number of phosphoric acid groups is 1. The standard InChI is InChI=1S/C11H21Br3ClO5P/c1-10(2-4-15,20-21(16,17)18)3-5-19-9-11(6-12,7-13)8-14/h2-9H2,1H3,(H2,16,17,18). The molecule has 0 aliphatic carbocycles. The minimum Gasteiger partial charge on any atom is -0.381 e. The Morgan fingerprint density at radius 3 is 2.05 bits per heavy atom. The van der Waals surface area contributed by atoms with Crippen LogP contribution in [0.3, 0.4) is 0 Å². The van der Waals surface area contributed by atoms with Crippen LogP contribution in [0.25, 0.3) is 0 Å². The molecule has 0 bridgehead atoms. The zero-order valence-corrected chi connectivity index (χ0v) is 18.1. The maximum absolute atomic E-state index is 11.0. The Bertz CT molecular complexity index is 332. The maximum Gasteiger partial charge on any atom is 0.470 e. The fraction of sp³-hybridized carbons (Fsp3) is 1.00. The lowest BCUT2D eigenvalue weighted by Gasteiger charge is -2.31. The number of halogens is 4. The Morgan fingerprint density at radius 2 is 1.67 bits per heavy atom. The second-order valence-electron chi connectivity index (χ2n) is 5.17. The fourth-order valence-corrected chi connectivity index (χ4v) is 5.93. The highest BCUT2D eigenvalue weighted by molar-refractivity contribution is 9.10. The van der Waals surface area contributed by atoms with Crippen molar-refractivity contribution in [3.05, 3.63) is 0 Å².